The lowest BCUT2D eigenvalue weighted by atomic mass is 10.7. The molecule has 0 N–H and O–H groups in total. The minimum absolute atomic E-state index is 0.521. The van der Waals surface area contributed by atoms with Crippen LogP contribution >= 0.6 is 0 Å². The average Bonchev–Trinajstić information content (AvgIpc) is 2.14. The number of hydrogen-bond donors (Lipinski definition) is 0. The van der Waals surface area contributed by atoms with Crippen LogP contribution in [0.5, 0.6) is 0 Å². The summed E-state index contributed by atoms with van der Waals surface area (Å²) >= 11 is 0. The first-order valence-corrected chi connectivity index (χ1v) is 1.72. The molecule has 1 unspecified atom stereocenters. The molecule has 1 atom stereocenters. The predicted molar refractivity (Wildman–Crippen MR) is 20.5 cm³/mol. The van der Waals surface area contributed by atoms with Crippen LogP contribution in [0.2, 0.25) is 0 Å². The zero-order valence-corrected chi connectivity index (χ0v) is 3.40. The second-order valence-electron chi connectivity index (χ2n) is 0.957. The summed E-state index contributed by atoms with van der Waals surface area (Å²) < 4.78 is 4.42. The molecule has 1 heterocycles. The van der Waals surface area contributed by atoms with Crippen molar-refractivity contribution >= 4 is 12.7 Å². The van der Waals surface area contributed by atoms with Crippen molar-refractivity contribution in [2.24, 2.45) is 5.16 Å². The van der Waals surface area contributed by atoms with E-state index in [4.69, 9.17) is 0 Å². The molecule has 0 saturated carbocycles. The third-order valence-corrected chi connectivity index (χ3v) is 0.514. The van der Waals surface area contributed by atoms with Crippen molar-refractivity contribution in [3.8, 4) is 0 Å². The summed E-state index contributed by atoms with van der Waals surface area (Å²) in [7, 11) is 0. The van der Waals surface area contributed by atoms with E-state index in [1.807, 2.05) is 0 Å². The Morgan fingerprint density at radius 3 is 3.00 bits per heavy atom. The van der Waals surface area contributed by atoms with Crippen molar-refractivity contribution in [2.75, 3.05) is 0 Å². The van der Waals surface area contributed by atoms with Crippen molar-refractivity contribution in [3.63, 3.8) is 0 Å². The van der Waals surface area contributed by atoms with Crippen LogP contribution in [-0.4, -0.2) is 19.0 Å². The summed E-state index contributed by atoms with van der Waals surface area (Å²) in [5.74, 6) is 0. The Kier molecular flexibility index (Phi) is 0.934. The highest BCUT2D eigenvalue weighted by Gasteiger charge is 2.09. The highest BCUT2D eigenvalue weighted by molar-refractivity contribution is 5.60. The molecule has 0 fully saturated rings. The van der Waals surface area contributed by atoms with Gasteiger partial charge in [0, 0.05) is 0 Å². The standard InChI is InChI=1S/C3H3NO3/c5-1-3-6-2-4-7-3/h1-3H. The molecule has 4 heteroatoms. The molecule has 4 nitrogen and oxygen atoms in total. The van der Waals surface area contributed by atoms with E-state index in [0.717, 1.165) is 6.40 Å². The molecule has 1 aliphatic heterocycles. The number of hydrogen-bond acceptors (Lipinski definition) is 4. The quantitative estimate of drug-likeness (QED) is 0.418. The Hall–Kier alpha value is -1.06. The molecule has 0 aromatic rings. The Balaban J connectivity index is 2.35. The molecule has 38 valence electrons. The number of oxime groups is 1. The van der Waals surface area contributed by atoms with E-state index in [0.29, 0.717) is 6.29 Å². The lowest BCUT2D eigenvalue weighted by Gasteiger charge is -1.93. The maximum atomic E-state index is 9.68. The van der Waals surface area contributed by atoms with Crippen LogP contribution in [0.15, 0.2) is 5.16 Å². The van der Waals surface area contributed by atoms with Crippen molar-refractivity contribution in [1.29, 1.82) is 0 Å². The van der Waals surface area contributed by atoms with Gasteiger partial charge in [-0.15, -0.1) is 0 Å². The average molecular weight is 101 g/mol. The maximum absolute atomic E-state index is 9.68. The third-order valence-electron chi connectivity index (χ3n) is 0.514. The number of ether oxygens (including phenoxy) is 1. The monoisotopic (exact) mass is 101 g/mol. The lowest BCUT2D eigenvalue weighted by molar-refractivity contribution is -0.130. The lowest BCUT2D eigenvalue weighted by Crippen LogP contribution is -2.08. The van der Waals surface area contributed by atoms with Crippen molar-refractivity contribution in [2.45, 2.75) is 6.29 Å². The van der Waals surface area contributed by atoms with Gasteiger partial charge in [0.25, 0.3) is 0 Å². The van der Waals surface area contributed by atoms with Crippen LogP contribution in [-0.2, 0) is 14.4 Å². The molecule has 0 bridgehead atoms. The minimum atomic E-state index is -0.806. The number of rotatable bonds is 1. The molecule has 1 aliphatic rings. The molecule has 1 rings (SSSR count). The molecule has 0 aliphatic carbocycles. The van der Waals surface area contributed by atoms with Crippen LogP contribution < -0.4 is 0 Å². The van der Waals surface area contributed by atoms with Gasteiger partial charge in [0.15, 0.2) is 0 Å². The summed E-state index contributed by atoms with van der Waals surface area (Å²) in [4.78, 5) is 14.0. The Morgan fingerprint density at radius 1 is 1.86 bits per heavy atom. The molecule has 0 saturated heterocycles. The SMILES string of the molecule is O=CC1OC=NO1. The third kappa shape index (κ3) is 0.677. The van der Waals surface area contributed by atoms with Crippen LogP contribution in [0, 0.1) is 0 Å². The van der Waals surface area contributed by atoms with Gasteiger partial charge in [-0.25, -0.2) is 0 Å². The normalized spacial score (nSPS) is 26.0. The molecule has 0 spiro atoms. The van der Waals surface area contributed by atoms with Crippen LogP contribution in [0.4, 0.5) is 0 Å². The Morgan fingerprint density at radius 2 is 2.71 bits per heavy atom. The van der Waals surface area contributed by atoms with Gasteiger partial charge in [-0.1, -0.05) is 5.16 Å². The molecular formula is C3H3NO3. The predicted octanol–water partition coefficient (Wildman–Crippen LogP) is -0.499. The molecule has 0 aromatic heterocycles. The fourth-order valence-electron chi connectivity index (χ4n) is 0.251. The van der Waals surface area contributed by atoms with E-state index < -0.39 is 6.29 Å². The van der Waals surface area contributed by atoms with Gasteiger partial charge >= 0.3 is 6.29 Å². The fraction of sp³-hybridized carbons (Fsp3) is 0.333. The van der Waals surface area contributed by atoms with Crippen LogP contribution in [0.25, 0.3) is 0 Å². The molecule has 0 aromatic carbocycles. The maximum Gasteiger partial charge on any atom is 0.322 e. The summed E-state index contributed by atoms with van der Waals surface area (Å²) in [6.45, 7) is 0. The number of carbonyl (C=O) groups is 1. The van der Waals surface area contributed by atoms with E-state index in [-0.39, 0.29) is 0 Å². The zero-order chi connectivity index (χ0) is 5.11. The van der Waals surface area contributed by atoms with Gasteiger partial charge in [-0.05, 0) is 0 Å². The van der Waals surface area contributed by atoms with E-state index in [2.05, 4.69) is 14.7 Å². The van der Waals surface area contributed by atoms with E-state index >= 15 is 0 Å². The highest BCUT2D eigenvalue weighted by Crippen LogP contribution is 1.95. The summed E-state index contributed by atoms with van der Waals surface area (Å²) in [5, 5.41) is 3.16. The summed E-state index contributed by atoms with van der Waals surface area (Å²) in [5.41, 5.74) is 0. The summed E-state index contributed by atoms with van der Waals surface area (Å²) in [6.07, 6.45) is 0.798. The Labute approximate surface area is 39.7 Å². The van der Waals surface area contributed by atoms with Gasteiger partial charge < -0.3 is 9.57 Å². The molecule has 0 amide bonds. The molecular weight excluding hydrogens is 98.0 g/mol. The first kappa shape index (κ1) is 4.11. The van der Waals surface area contributed by atoms with E-state index in [1.54, 1.807) is 0 Å². The van der Waals surface area contributed by atoms with Gasteiger partial charge in [-0.3, -0.25) is 4.79 Å². The second-order valence-corrected chi connectivity index (χ2v) is 0.957. The zero-order valence-electron chi connectivity index (χ0n) is 3.40. The Bertz CT molecular complexity index is 92.4. The van der Waals surface area contributed by atoms with Gasteiger partial charge in [0.05, 0.1) is 0 Å². The van der Waals surface area contributed by atoms with Gasteiger partial charge in [0.1, 0.15) is 0 Å². The van der Waals surface area contributed by atoms with E-state index in [1.165, 1.54) is 0 Å². The minimum Gasteiger partial charge on any atom is -0.432 e. The first-order chi connectivity index (χ1) is 3.43. The van der Waals surface area contributed by atoms with Gasteiger partial charge in [0.2, 0.25) is 12.7 Å². The number of carbonyl (C=O) groups excluding carboxylic acids is 1. The topological polar surface area (TPSA) is 47.9 Å². The second kappa shape index (κ2) is 1.59. The molecule has 0 radical (unpaired) electrons. The van der Waals surface area contributed by atoms with Crippen LogP contribution in [0.3, 0.4) is 0 Å². The van der Waals surface area contributed by atoms with Gasteiger partial charge in [-0.2, -0.15) is 0 Å². The number of nitrogens with zero attached hydrogens (tertiary/aromatic N) is 1. The van der Waals surface area contributed by atoms with Crippen LogP contribution in [0.1, 0.15) is 0 Å². The highest BCUT2D eigenvalue weighted by atomic mass is 16.8. The van der Waals surface area contributed by atoms with Crippen molar-refractivity contribution in [1.82, 2.24) is 0 Å². The largest absolute Gasteiger partial charge is 0.432 e. The summed E-state index contributed by atoms with van der Waals surface area (Å²) in [6, 6.07) is 0. The molecule has 7 heavy (non-hydrogen) atoms. The fourth-order valence-corrected chi connectivity index (χ4v) is 0.251. The van der Waals surface area contributed by atoms with Crippen molar-refractivity contribution < 1.29 is 14.4 Å². The number of aldehydes is 1. The first-order valence-electron chi connectivity index (χ1n) is 1.72. The smallest absolute Gasteiger partial charge is 0.322 e. The van der Waals surface area contributed by atoms with E-state index in [9.17, 15) is 4.79 Å². The van der Waals surface area contributed by atoms with Crippen molar-refractivity contribution in [3.05, 3.63) is 0 Å².